The van der Waals surface area contributed by atoms with Crippen molar-refractivity contribution < 1.29 is 15.0 Å². The SMILES string of the molecule is C=CCc1cccc(C=N[C@H](Cc2cnc[nH]2)C(=O)O)c1O. The van der Waals surface area contributed by atoms with E-state index in [2.05, 4.69) is 21.5 Å². The van der Waals surface area contributed by atoms with Gasteiger partial charge in [0.1, 0.15) is 5.75 Å². The molecule has 0 bridgehead atoms. The summed E-state index contributed by atoms with van der Waals surface area (Å²) in [5, 5.41) is 19.4. The highest BCUT2D eigenvalue weighted by atomic mass is 16.4. The van der Waals surface area contributed by atoms with Crippen LogP contribution in [0.2, 0.25) is 0 Å². The summed E-state index contributed by atoms with van der Waals surface area (Å²) < 4.78 is 0. The van der Waals surface area contributed by atoms with Gasteiger partial charge in [0, 0.05) is 30.1 Å². The molecule has 6 nitrogen and oxygen atoms in total. The summed E-state index contributed by atoms with van der Waals surface area (Å²) in [6.07, 6.45) is 6.87. The van der Waals surface area contributed by atoms with Gasteiger partial charge in [-0.15, -0.1) is 6.58 Å². The molecule has 1 aromatic heterocycles. The Morgan fingerprint density at radius 1 is 1.50 bits per heavy atom. The van der Waals surface area contributed by atoms with Gasteiger partial charge >= 0.3 is 5.97 Å². The van der Waals surface area contributed by atoms with Crippen LogP contribution in [0.4, 0.5) is 0 Å². The van der Waals surface area contributed by atoms with Crippen molar-refractivity contribution in [2.75, 3.05) is 0 Å². The smallest absolute Gasteiger partial charge is 0.328 e. The summed E-state index contributed by atoms with van der Waals surface area (Å²) in [5.74, 6) is -0.940. The Morgan fingerprint density at radius 2 is 2.32 bits per heavy atom. The van der Waals surface area contributed by atoms with Crippen LogP contribution in [0, 0.1) is 0 Å². The lowest BCUT2D eigenvalue weighted by molar-refractivity contribution is -0.138. The predicted molar refractivity (Wildman–Crippen MR) is 83.3 cm³/mol. The number of para-hydroxylation sites is 1. The zero-order valence-electron chi connectivity index (χ0n) is 11.9. The van der Waals surface area contributed by atoms with Crippen LogP contribution in [0.1, 0.15) is 16.8 Å². The highest BCUT2D eigenvalue weighted by molar-refractivity contribution is 5.86. The lowest BCUT2D eigenvalue weighted by atomic mass is 10.1. The number of carbonyl (C=O) groups is 1. The number of aromatic nitrogens is 2. The number of aliphatic imine (C=N–C) groups is 1. The number of hydrogen-bond donors (Lipinski definition) is 3. The first-order chi connectivity index (χ1) is 10.6. The van der Waals surface area contributed by atoms with Gasteiger partial charge in [-0.1, -0.05) is 18.2 Å². The number of aliphatic carboxylic acids is 1. The summed E-state index contributed by atoms with van der Waals surface area (Å²) in [4.78, 5) is 22.0. The number of nitrogens with one attached hydrogen (secondary N) is 1. The summed E-state index contributed by atoms with van der Waals surface area (Å²) in [5.41, 5.74) is 1.89. The number of aromatic hydroxyl groups is 1. The normalized spacial score (nSPS) is 12.4. The maximum atomic E-state index is 11.3. The van der Waals surface area contributed by atoms with E-state index in [-0.39, 0.29) is 12.2 Å². The molecule has 0 amide bonds. The van der Waals surface area contributed by atoms with E-state index in [9.17, 15) is 15.0 Å². The fourth-order valence-corrected chi connectivity index (χ4v) is 2.01. The number of carboxylic acids is 1. The Hall–Kier alpha value is -2.89. The van der Waals surface area contributed by atoms with Crippen molar-refractivity contribution >= 4 is 12.2 Å². The third kappa shape index (κ3) is 3.82. The number of aromatic amines is 1. The quantitative estimate of drug-likeness (QED) is 0.537. The van der Waals surface area contributed by atoms with Crippen molar-refractivity contribution in [1.29, 1.82) is 0 Å². The molecular weight excluding hydrogens is 282 g/mol. The topological polar surface area (TPSA) is 98.6 Å². The van der Waals surface area contributed by atoms with E-state index in [1.165, 1.54) is 12.5 Å². The van der Waals surface area contributed by atoms with Crippen molar-refractivity contribution in [2.24, 2.45) is 4.99 Å². The van der Waals surface area contributed by atoms with Gasteiger partial charge in [0.2, 0.25) is 0 Å². The lowest BCUT2D eigenvalue weighted by Gasteiger charge is -2.07. The highest BCUT2D eigenvalue weighted by Gasteiger charge is 2.17. The highest BCUT2D eigenvalue weighted by Crippen LogP contribution is 2.22. The minimum absolute atomic E-state index is 0.0943. The average Bonchev–Trinajstić information content (AvgIpc) is 2.99. The van der Waals surface area contributed by atoms with Crippen LogP contribution in [0.25, 0.3) is 0 Å². The monoisotopic (exact) mass is 299 g/mol. The second kappa shape index (κ2) is 7.21. The molecule has 0 aliphatic carbocycles. The number of carboxylic acid groups (broad SMARTS) is 1. The number of allylic oxidation sites excluding steroid dienone is 1. The number of imidazole rings is 1. The van der Waals surface area contributed by atoms with E-state index in [0.29, 0.717) is 17.7 Å². The summed E-state index contributed by atoms with van der Waals surface area (Å²) in [6, 6.07) is 4.31. The first-order valence-electron chi connectivity index (χ1n) is 6.76. The number of rotatable bonds is 7. The molecule has 0 aliphatic rings. The second-order valence-corrected chi connectivity index (χ2v) is 4.76. The maximum absolute atomic E-state index is 11.3. The maximum Gasteiger partial charge on any atom is 0.328 e. The number of benzene rings is 1. The Balaban J connectivity index is 2.19. The van der Waals surface area contributed by atoms with Crippen LogP contribution < -0.4 is 0 Å². The van der Waals surface area contributed by atoms with E-state index < -0.39 is 12.0 Å². The molecular formula is C16H17N3O3. The molecule has 0 unspecified atom stereocenters. The van der Waals surface area contributed by atoms with Crippen LogP contribution in [-0.4, -0.2) is 38.4 Å². The molecule has 0 radical (unpaired) electrons. The summed E-state index contributed by atoms with van der Waals surface area (Å²) in [6.45, 7) is 3.63. The van der Waals surface area contributed by atoms with Crippen LogP contribution in [0.15, 0.2) is 48.4 Å². The van der Waals surface area contributed by atoms with Crippen LogP contribution in [0.5, 0.6) is 5.75 Å². The number of H-pyrrole nitrogens is 1. The lowest BCUT2D eigenvalue weighted by Crippen LogP contribution is -2.21. The largest absolute Gasteiger partial charge is 0.507 e. The second-order valence-electron chi connectivity index (χ2n) is 4.76. The third-order valence-electron chi connectivity index (χ3n) is 3.16. The molecule has 2 rings (SSSR count). The molecule has 2 aromatic rings. The van der Waals surface area contributed by atoms with Crippen molar-refractivity contribution in [1.82, 2.24) is 9.97 Å². The summed E-state index contributed by atoms with van der Waals surface area (Å²) >= 11 is 0. The standard InChI is InChI=1S/C16H17N3O3/c1-2-4-11-5-3-6-12(15(11)20)8-18-14(16(21)22)7-13-9-17-10-19-13/h2-3,5-6,8-10,14,20H,1,4,7H2,(H,17,19)(H,21,22)/t14-/m1/s1. The fourth-order valence-electron chi connectivity index (χ4n) is 2.01. The van der Waals surface area contributed by atoms with Gasteiger partial charge in [0.25, 0.3) is 0 Å². The first-order valence-corrected chi connectivity index (χ1v) is 6.76. The van der Waals surface area contributed by atoms with Crippen molar-refractivity contribution in [3.8, 4) is 5.75 Å². The van der Waals surface area contributed by atoms with Crippen LogP contribution in [0.3, 0.4) is 0 Å². The summed E-state index contributed by atoms with van der Waals surface area (Å²) in [7, 11) is 0. The number of nitrogens with zero attached hydrogens (tertiary/aromatic N) is 2. The van der Waals surface area contributed by atoms with Gasteiger partial charge in [-0.2, -0.15) is 0 Å². The number of phenolic OH excluding ortho intramolecular Hbond substituents is 1. The van der Waals surface area contributed by atoms with Crippen molar-refractivity contribution in [3.05, 3.63) is 60.2 Å². The Morgan fingerprint density at radius 3 is 2.95 bits per heavy atom. The zero-order chi connectivity index (χ0) is 15.9. The van der Waals surface area contributed by atoms with Crippen molar-refractivity contribution in [3.63, 3.8) is 0 Å². The average molecular weight is 299 g/mol. The van der Waals surface area contributed by atoms with Gasteiger partial charge in [-0.05, 0) is 18.1 Å². The molecule has 0 aliphatic heterocycles. The van der Waals surface area contributed by atoms with Crippen molar-refractivity contribution in [2.45, 2.75) is 18.9 Å². The zero-order valence-corrected chi connectivity index (χ0v) is 11.9. The number of phenols is 1. The predicted octanol–water partition coefficient (Wildman–Crippen LogP) is 1.96. The third-order valence-corrected chi connectivity index (χ3v) is 3.16. The van der Waals surface area contributed by atoms with E-state index in [4.69, 9.17) is 0 Å². The van der Waals surface area contributed by atoms with E-state index in [1.54, 1.807) is 30.5 Å². The first kappa shape index (κ1) is 15.5. The molecule has 3 N–H and O–H groups in total. The minimum Gasteiger partial charge on any atom is -0.507 e. The Kier molecular flexibility index (Phi) is 5.08. The fraction of sp³-hybridized carbons (Fsp3) is 0.188. The molecule has 1 atom stereocenters. The van der Waals surface area contributed by atoms with Gasteiger partial charge in [-0.3, -0.25) is 4.99 Å². The van der Waals surface area contributed by atoms with Gasteiger partial charge in [0.05, 0.1) is 6.33 Å². The van der Waals surface area contributed by atoms with E-state index in [1.807, 2.05) is 0 Å². The molecule has 0 fully saturated rings. The van der Waals surface area contributed by atoms with Crippen LogP contribution >= 0.6 is 0 Å². The molecule has 1 heterocycles. The van der Waals surface area contributed by atoms with Gasteiger partial charge in [0.15, 0.2) is 6.04 Å². The molecule has 22 heavy (non-hydrogen) atoms. The minimum atomic E-state index is -1.03. The molecule has 0 saturated heterocycles. The Bertz CT molecular complexity index is 678. The van der Waals surface area contributed by atoms with Crippen LogP contribution in [-0.2, 0) is 17.6 Å². The van der Waals surface area contributed by atoms with E-state index in [0.717, 1.165) is 5.56 Å². The molecule has 6 heteroatoms. The molecule has 114 valence electrons. The number of hydrogen-bond acceptors (Lipinski definition) is 4. The van der Waals surface area contributed by atoms with E-state index >= 15 is 0 Å². The molecule has 0 spiro atoms. The molecule has 1 aromatic carbocycles. The van der Waals surface area contributed by atoms with Gasteiger partial charge < -0.3 is 15.2 Å². The molecule has 0 saturated carbocycles. The van der Waals surface area contributed by atoms with Gasteiger partial charge in [-0.25, -0.2) is 9.78 Å². The Labute approximate surface area is 127 Å².